The minimum absolute atomic E-state index is 0.0582. The van der Waals surface area contributed by atoms with Crippen LogP contribution in [-0.4, -0.2) is 36.0 Å². The smallest absolute Gasteiger partial charge is 0.0749 e. The van der Waals surface area contributed by atoms with Gasteiger partial charge in [-0.3, -0.25) is 10.7 Å². The van der Waals surface area contributed by atoms with Crippen molar-refractivity contribution in [3.8, 4) is 0 Å². The summed E-state index contributed by atoms with van der Waals surface area (Å²) < 4.78 is 0.943. The van der Waals surface area contributed by atoms with Gasteiger partial charge in [-0.2, -0.15) is 0 Å². The zero-order chi connectivity index (χ0) is 15.5. The maximum Gasteiger partial charge on any atom is 0.0749 e. The van der Waals surface area contributed by atoms with Gasteiger partial charge in [-0.1, -0.05) is 47.2 Å². The number of benzene rings is 1. The molecule has 2 N–H and O–H groups in total. The zero-order valence-corrected chi connectivity index (χ0v) is 14.9. The van der Waals surface area contributed by atoms with Crippen LogP contribution < -0.4 is 5.48 Å². The highest BCUT2D eigenvalue weighted by Gasteiger charge is 2.33. The lowest BCUT2D eigenvalue weighted by Gasteiger charge is -2.37. The first kappa shape index (κ1) is 16.6. The number of anilines is 1. The summed E-state index contributed by atoms with van der Waals surface area (Å²) in [5.74, 6) is 0. The minimum atomic E-state index is 0.0582. The van der Waals surface area contributed by atoms with Crippen molar-refractivity contribution in [2.45, 2.75) is 17.1 Å². The molecule has 5 heteroatoms. The number of nitrogens with zero attached hydrogens (tertiary/aromatic N) is 1. The molecule has 0 spiro atoms. The van der Waals surface area contributed by atoms with Crippen molar-refractivity contribution < 1.29 is 5.21 Å². The van der Waals surface area contributed by atoms with Crippen LogP contribution in [0.5, 0.6) is 0 Å². The van der Waals surface area contributed by atoms with Gasteiger partial charge in [0, 0.05) is 26.6 Å². The summed E-state index contributed by atoms with van der Waals surface area (Å²) in [7, 11) is 4.19. The van der Waals surface area contributed by atoms with Crippen LogP contribution in [0.15, 0.2) is 51.9 Å². The fourth-order valence-electron chi connectivity index (χ4n) is 2.58. The Kier molecular flexibility index (Phi) is 5.54. The number of thioether (sulfide) groups is 1. The van der Waals surface area contributed by atoms with E-state index in [4.69, 9.17) is 0 Å². The Labute approximate surface area is 139 Å². The van der Waals surface area contributed by atoms with E-state index >= 15 is 0 Å². The van der Waals surface area contributed by atoms with E-state index in [-0.39, 0.29) is 5.41 Å². The third-order valence-corrected chi connectivity index (χ3v) is 5.55. The molecule has 2 rings (SSSR count). The SMILES string of the molecule is CN(C)CC1(C)C=CC=CC1Sc1ccc(Br)cc1NO. The fourth-order valence-corrected chi connectivity index (χ4v) is 4.19. The van der Waals surface area contributed by atoms with Crippen LogP contribution in [0, 0.1) is 5.41 Å². The summed E-state index contributed by atoms with van der Waals surface area (Å²) >= 11 is 5.19. The topological polar surface area (TPSA) is 35.5 Å². The van der Waals surface area contributed by atoms with Crippen LogP contribution in [0.4, 0.5) is 5.69 Å². The average molecular weight is 369 g/mol. The van der Waals surface area contributed by atoms with Crippen molar-refractivity contribution >= 4 is 33.4 Å². The highest BCUT2D eigenvalue weighted by atomic mass is 79.9. The van der Waals surface area contributed by atoms with Crippen LogP contribution in [0.25, 0.3) is 0 Å². The first-order valence-electron chi connectivity index (χ1n) is 6.82. The molecule has 0 bridgehead atoms. The van der Waals surface area contributed by atoms with E-state index in [9.17, 15) is 5.21 Å². The van der Waals surface area contributed by atoms with Crippen LogP contribution in [0.3, 0.4) is 0 Å². The Morgan fingerprint density at radius 2 is 2.14 bits per heavy atom. The summed E-state index contributed by atoms with van der Waals surface area (Å²) in [5, 5.41) is 9.64. The molecule has 0 heterocycles. The summed E-state index contributed by atoms with van der Waals surface area (Å²) in [6, 6.07) is 5.90. The highest BCUT2D eigenvalue weighted by molar-refractivity contribution is 9.10. The molecule has 0 aliphatic heterocycles. The number of hydrogen-bond donors (Lipinski definition) is 2. The summed E-state index contributed by atoms with van der Waals surface area (Å²) in [6.45, 7) is 3.25. The molecule has 1 aromatic rings. The quantitative estimate of drug-likeness (QED) is 0.754. The zero-order valence-electron chi connectivity index (χ0n) is 12.5. The third kappa shape index (κ3) is 4.13. The van der Waals surface area contributed by atoms with Gasteiger partial charge in [0.05, 0.1) is 5.69 Å². The molecule has 114 valence electrons. The molecule has 0 aromatic heterocycles. The largest absolute Gasteiger partial charge is 0.308 e. The van der Waals surface area contributed by atoms with Crippen molar-refractivity contribution in [2.24, 2.45) is 5.41 Å². The molecule has 0 fully saturated rings. The van der Waals surface area contributed by atoms with Gasteiger partial charge in [0.1, 0.15) is 0 Å². The van der Waals surface area contributed by atoms with E-state index in [0.29, 0.717) is 5.25 Å². The Balaban J connectivity index is 2.24. The van der Waals surface area contributed by atoms with E-state index in [1.807, 2.05) is 18.2 Å². The van der Waals surface area contributed by atoms with Crippen molar-refractivity contribution in [2.75, 3.05) is 26.1 Å². The highest BCUT2D eigenvalue weighted by Crippen LogP contribution is 2.42. The van der Waals surface area contributed by atoms with E-state index in [0.717, 1.165) is 21.6 Å². The molecular formula is C16H21BrN2OS. The molecule has 1 aliphatic rings. The van der Waals surface area contributed by atoms with Crippen LogP contribution in [-0.2, 0) is 0 Å². The second-order valence-corrected chi connectivity index (χ2v) is 7.88. The number of rotatable bonds is 5. The van der Waals surface area contributed by atoms with Gasteiger partial charge in [0.2, 0.25) is 0 Å². The van der Waals surface area contributed by atoms with Gasteiger partial charge >= 0.3 is 0 Å². The Bertz CT molecular complexity index is 559. The summed E-state index contributed by atoms with van der Waals surface area (Å²) in [6.07, 6.45) is 8.72. The predicted molar refractivity (Wildman–Crippen MR) is 94.1 cm³/mol. The molecule has 0 radical (unpaired) electrons. The predicted octanol–water partition coefficient (Wildman–Crippen LogP) is 4.40. The van der Waals surface area contributed by atoms with E-state index in [1.54, 1.807) is 11.8 Å². The fraction of sp³-hybridized carbons (Fsp3) is 0.375. The minimum Gasteiger partial charge on any atom is -0.308 e. The number of halogens is 1. The lowest BCUT2D eigenvalue weighted by atomic mass is 9.83. The van der Waals surface area contributed by atoms with Gasteiger partial charge < -0.3 is 4.90 Å². The molecule has 3 nitrogen and oxygen atoms in total. The average Bonchev–Trinajstić information content (AvgIpc) is 2.42. The normalized spacial score (nSPS) is 24.6. The van der Waals surface area contributed by atoms with Gasteiger partial charge in [0.25, 0.3) is 0 Å². The number of allylic oxidation sites excluding steroid dienone is 2. The number of nitrogens with one attached hydrogen (secondary N) is 1. The van der Waals surface area contributed by atoms with E-state index in [1.165, 1.54) is 0 Å². The lowest BCUT2D eigenvalue weighted by Crippen LogP contribution is -2.38. The standard InChI is InChI=1S/C16H21BrN2OS/c1-16(11-19(2)3)9-5-4-6-15(16)21-14-8-7-12(17)10-13(14)18-20/h4-10,15,18,20H,11H2,1-3H3. The van der Waals surface area contributed by atoms with Gasteiger partial charge in [-0.25, -0.2) is 0 Å². The summed E-state index contributed by atoms with van der Waals surface area (Å²) in [5.41, 5.74) is 3.08. The molecule has 2 atom stereocenters. The van der Waals surface area contributed by atoms with Gasteiger partial charge in [-0.15, -0.1) is 11.8 Å². The Morgan fingerprint density at radius 1 is 1.38 bits per heavy atom. The van der Waals surface area contributed by atoms with Crippen molar-refractivity contribution in [1.29, 1.82) is 0 Å². The van der Waals surface area contributed by atoms with Crippen LogP contribution in [0.1, 0.15) is 6.92 Å². The second-order valence-electron chi connectivity index (χ2n) is 5.78. The molecule has 1 aromatic carbocycles. The maximum absolute atomic E-state index is 9.32. The maximum atomic E-state index is 9.32. The summed E-state index contributed by atoms with van der Waals surface area (Å²) in [4.78, 5) is 3.25. The van der Waals surface area contributed by atoms with Gasteiger partial charge in [0.15, 0.2) is 0 Å². The monoisotopic (exact) mass is 368 g/mol. The second kappa shape index (κ2) is 7.01. The lowest BCUT2D eigenvalue weighted by molar-refractivity contribution is 0.278. The van der Waals surface area contributed by atoms with E-state index in [2.05, 4.69) is 71.6 Å². The molecule has 0 amide bonds. The molecule has 2 unspecified atom stereocenters. The van der Waals surface area contributed by atoms with Gasteiger partial charge in [-0.05, 0) is 32.3 Å². The van der Waals surface area contributed by atoms with Crippen LogP contribution >= 0.6 is 27.7 Å². The first-order valence-corrected chi connectivity index (χ1v) is 8.49. The third-order valence-electron chi connectivity index (χ3n) is 3.50. The van der Waals surface area contributed by atoms with Crippen molar-refractivity contribution in [1.82, 2.24) is 4.90 Å². The number of hydrogen-bond acceptors (Lipinski definition) is 4. The molecule has 21 heavy (non-hydrogen) atoms. The van der Waals surface area contributed by atoms with Crippen LogP contribution in [0.2, 0.25) is 0 Å². The molecule has 0 saturated carbocycles. The van der Waals surface area contributed by atoms with Crippen molar-refractivity contribution in [3.63, 3.8) is 0 Å². The first-order chi connectivity index (χ1) is 9.94. The van der Waals surface area contributed by atoms with E-state index < -0.39 is 0 Å². The van der Waals surface area contributed by atoms with Crippen molar-refractivity contribution in [3.05, 3.63) is 47.0 Å². The Hall–Kier alpha value is -0.750. The molecule has 1 aliphatic carbocycles. The Morgan fingerprint density at radius 3 is 2.81 bits per heavy atom. The molecule has 0 saturated heterocycles. The molecular weight excluding hydrogens is 348 g/mol.